The van der Waals surface area contributed by atoms with Gasteiger partial charge in [0.15, 0.2) is 0 Å². The Morgan fingerprint density at radius 3 is 2.40 bits per heavy atom. The van der Waals surface area contributed by atoms with E-state index in [1.807, 2.05) is 24.3 Å². The minimum atomic E-state index is -0.135. The summed E-state index contributed by atoms with van der Waals surface area (Å²) in [6.45, 7) is 0.626. The number of halogens is 1. The number of hydrogen-bond donors (Lipinski definition) is 2. The second kappa shape index (κ2) is 7.26. The summed E-state index contributed by atoms with van der Waals surface area (Å²) in [5.41, 5.74) is 2.71. The highest BCUT2D eigenvalue weighted by atomic mass is 35.5. The molecule has 0 aliphatic heterocycles. The number of aliphatic hydroxyl groups is 1. The minimum Gasteiger partial charge on any atom is -0.396 e. The second-order valence-corrected chi connectivity index (χ2v) is 6.99. The van der Waals surface area contributed by atoms with Gasteiger partial charge < -0.3 is 10.4 Å². The van der Waals surface area contributed by atoms with E-state index < -0.39 is 0 Å². The molecule has 0 aromatic heterocycles. The van der Waals surface area contributed by atoms with Crippen molar-refractivity contribution in [2.45, 2.75) is 19.3 Å². The van der Waals surface area contributed by atoms with Crippen LogP contribution in [0.25, 0.3) is 11.1 Å². The Kier molecular flexibility index (Phi) is 5.08. The van der Waals surface area contributed by atoms with Crippen molar-refractivity contribution in [2.24, 2.45) is 5.41 Å². The third kappa shape index (κ3) is 3.68. The van der Waals surface area contributed by atoms with Crippen LogP contribution in [0, 0.1) is 16.7 Å². The Labute approximate surface area is 152 Å². The van der Waals surface area contributed by atoms with Crippen LogP contribution >= 0.6 is 11.6 Å². The zero-order chi connectivity index (χ0) is 17.9. The lowest BCUT2D eigenvalue weighted by Gasteiger charge is -2.40. The molecular formula is C20H19ClN2O2. The number of hydrogen-bond acceptors (Lipinski definition) is 3. The number of carbonyl (C=O) groups is 1. The molecule has 1 amide bonds. The van der Waals surface area contributed by atoms with Gasteiger partial charge in [-0.3, -0.25) is 4.79 Å². The highest BCUT2D eigenvalue weighted by Gasteiger charge is 2.36. The molecule has 1 aliphatic rings. The van der Waals surface area contributed by atoms with E-state index >= 15 is 0 Å². The van der Waals surface area contributed by atoms with Crippen molar-refractivity contribution < 1.29 is 9.90 Å². The number of nitriles is 1. The fraction of sp³-hybridized carbons (Fsp3) is 0.300. The lowest BCUT2D eigenvalue weighted by atomic mass is 9.69. The van der Waals surface area contributed by atoms with Crippen LogP contribution in [0.1, 0.15) is 35.2 Å². The first-order chi connectivity index (χ1) is 12.1. The molecule has 1 aliphatic carbocycles. The van der Waals surface area contributed by atoms with Crippen molar-refractivity contribution in [2.75, 3.05) is 13.2 Å². The predicted octanol–water partition coefficient (Wildman–Crippen LogP) is 3.77. The van der Waals surface area contributed by atoms with Crippen molar-refractivity contribution in [3.63, 3.8) is 0 Å². The maximum atomic E-state index is 12.3. The van der Waals surface area contributed by atoms with Gasteiger partial charge in [-0.15, -0.1) is 0 Å². The topological polar surface area (TPSA) is 73.1 Å². The molecule has 0 heterocycles. The van der Waals surface area contributed by atoms with Gasteiger partial charge in [0.1, 0.15) is 6.07 Å². The zero-order valence-corrected chi connectivity index (χ0v) is 14.5. The molecule has 2 N–H and O–H groups in total. The number of nitrogens with one attached hydrogen (secondary N) is 1. The average Bonchev–Trinajstić information content (AvgIpc) is 2.61. The highest BCUT2D eigenvalue weighted by Crippen LogP contribution is 2.39. The number of benzene rings is 2. The smallest absolute Gasteiger partial charge is 0.251 e. The number of aliphatic hydroxyl groups excluding tert-OH is 1. The number of amides is 1. The molecule has 128 valence electrons. The summed E-state index contributed by atoms with van der Waals surface area (Å²) in [5, 5.41) is 21.7. The molecule has 0 unspecified atom stereocenters. The first kappa shape index (κ1) is 17.5. The molecule has 3 rings (SSSR count). The SMILES string of the molecule is N#Cc1ccc(-c2ccc(C(=O)NCC3(CO)CCC3)cc2)cc1Cl. The lowest BCUT2D eigenvalue weighted by molar-refractivity contribution is 0.0429. The summed E-state index contributed by atoms with van der Waals surface area (Å²) in [7, 11) is 0. The summed E-state index contributed by atoms with van der Waals surface area (Å²) in [5.74, 6) is -0.135. The normalized spacial score (nSPS) is 15.1. The third-order valence-corrected chi connectivity index (χ3v) is 5.26. The molecule has 4 nitrogen and oxygen atoms in total. The molecule has 1 saturated carbocycles. The first-order valence-electron chi connectivity index (χ1n) is 8.26. The summed E-state index contributed by atoms with van der Waals surface area (Å²) in [4.78, 5) is 12.3. The van der Waals surface area contributed by atoms with E-state index in [-0.39, 0.29) is 17.9 Å². The second-order valence-electron chi connectivity index (χ2n) is 6.58. The molecule has 0 bridgehead atoms. The van der Waals surface area contributed by atoms with Gasteiger partial charge in [0.05, 0.1) is 17.2 Å². The van der Waals surface area contributed by atoms with Gasteiger partial charge in [-0.2, -0.15) is 5.26 Å². The number of rotatable bonds is 5. The van der Waals surface area contributed by atoms with Crippen molar-refractivity contribution in [1.82, 2.24) is 5.32 Å². The van der Waals surface area contributed by atoms with Crippen LogP contribution < -0.4 is 5.32 Å². The molecule has 0 spiro atoms. The standard InChI is InChI=1S/C20H19ClN2O2/c21-18-10-16(6-7-17(18)11-22)14-2-4-15(5-3-14)19(25)23-12-20(13-24)8-1-9-20/h2-7,10,24H,1,8-9,12-13H2,(H,23,25). The average molecular weight is 355 g/mol. The largest absolute Gasteiger partial charge is 0.396 e. The van der Waals surface area contributed by atoms with Crippen LogP contribution in [-0.4, -0.2) is 24.2 Å². The Morgan fingerprint density at radius 2 is 1.88 bits per heavy atom. The molecule has 1 fully saturated rings. The van der Waals surface area contributed by atoms with Crippen LogP contribution in [0.4, 0.5) is 0 Å². The van der Waals surface area contributed by atoms with Crippen molar-refractivity contribution in [3.8, 4) is 17.2 Å². The zero-order valence-electron chi connectivity index (χ0n) is 13.8. The van der Waals surface area contributed by atoms with E-state index in [1.54, 1.807) is 24.3 Å². The molecule has 5 heteroatoms. The van der Waals surface area contributed by atoms with E-state index in [0.29, 0.717) is 22.7 Å². The van der Waals surface area contributed by atoms with Crippen molar-refractivity contribution >= 4 is 17.5 Å². The Hall–Kier alpha value is -2.35. The number of carbonyl (C=O) groups excluding carboxylic acids is 1. The third-order valence-electron chi connectivity index (χ3n) is 4.94. The summed E-state index contributed by atoms with van der Waals surface area (Å²) in [6.07, 6.45) is 3.03. The summed E-state index contributed by atoms with van der Waals surface area (Å²) in [6, 6.07) is 14.6. The van der Waals surface area contributed by atoms with Crippen LogP contribution in [0.3, 0.4) is 0 Å². The minimum absolute atomic E-state index is 0.117. The molecule has 2 aromatic rings. The van der Waals surface area contributed by atoms with Gasteiger partial charge in [0.2, 0.25) is 0 Å². The summed E-state index contributed by atoms with van der Waals surface area (Å²) >= 11 is 6.07. The van der Waals surface area contributed by atoms with Gasteiger partial charge in [-0.25, -0.2) is 0 Å². The van der Waals surface area contributed by atoms with Gasteiger partial charge in [-0.05, 0) is 48.2 Å². The fourth-order valence-electron chi connectivity index (χ4n) is 3.04. The maximum absolute atomic E-state index is 12.3. The van der Waals surface area contributed by atoms with Crippen molar-refractivity contribution in [3.05, 3.63) is 58.6 Å². The van der Waals surface area contributed by atoms with E-state index in [2.05, 4.69) is 5.32 Å². The highest BCUT2D eigenvalue weighted by molar-refractivity contribution is 6.32. The van der Waals surface area contributed by atoms with Crippen molar-refractivity contribution in [1.29, 1.82) is 5.26 Å². The Bertz CT molecular complexity index is 815. The monoisotopic (exact) mass is 354 g/mol. The Balaban J connectivity index is 1.68. The molecule has 0 atom stereocenters. The maximum Gasteiger partial charge on any atom is 0.251 e. The summed E-state index contributed by atoms with van der Waals surface area (Å²) < 4.78 is 0. The van der Waals surface area contributed by atoms with Gasteiger partial charge in [0.25, 0.3) is 5.91 Å². The van der Waals surface area contributed by atoms with E-state index in [9.17, 15) is 9.90 Å². The molecule has 0 saturated heterocycles. The van der Waals surface area contributed by atoms with Gasteiger partial charge >= 0.3 is 0 Å². The molecular weight excluding hydrogens is 336 g/mol. The number of nitrogens with zero attached hydrogens (tertiary/aromatic N) is 1. The fourth-order valence-corrected chi connectivity index (χ4v) is 3.26. The van der Waals surface area contributed by atoms with Crippen LogP contribution in [0.15, 0.2) is 42.5 Å². The predicted molar refractivity (Wildman–Crippen MR) is 97.3 cm³/mol. The molecule has 2 aromatic carbocycles. The molecule has 25 heavy (non-hydrogen) atoms. The van der Waals surface area contributed by atoms with E-state index in [0.717, 1.165) is 30.4 Å². The van der Waals surface area contributed by atoms with Gasteiger partial charge in [-0.1, -0.05) is 36.2 Å². The first-order valence-corrected chi connectivity index (χ1v) is 8.64. The van der Waals surface area contributed by atoms with E-state index in [4.69, 9.17) is 16.9 Å². The van der Waals surface area contributed by atoms with Crippen LogP contribution in [0.5, 0.6) is 0 Å². The lowest BCUT2D eigenvalue weighted by Crippen LogP contribution is -2.44. The quantitative estimate of drug-likeness (QED) is 0.858. The van der Waals surface area contributed by atoms with Crippen LogP contribution in [0.2, 0.25) is 5.02 Å². The van der Waals surface area contributed by atoms with Crippen LogP contribution in [-0.2, 0) is 0 Å². The molecule has 0 radical (unpaired) electrons. The van der Waals surface area contributed by atoms with Gasteiger partial charge in [0, 0.05) is 17.5 Å². The van der Waals surface area contributed by atoms with E-state index in [1.165, 1.54) is 0 Å². The Morgan fingerprint density at radius 1 is 1.20 bits per heavy atom.